The Morgan fingerprint density at radius 3 is 0.842 bits per heavy atom. The lowest BCUT2D eigenvalue weighted by atomic mass is 9.96. The maximum absolute atomic E-state index is 5.09. The number of para-hydroxylation sites is 3. The van der Waals surface area contributed by atoms with Crippen LogP contribution in [0.25, 0.3) is 184 Å². The molecule has 0 fully saturated rings. The molecule has 0 saturated heterocycles. The van der Waals surface area contributed by atoms with Crippen LogP contribution in [0.4, 0.5) is 0 Å². The summed E-state index contributed by atoms with van der Waals surface area (Å²) in [6.07, 6.45) is 3.67. The zero-order chi connectivity index (χ0) is 76.4. The highest BCUT2D eigenvalue weighted by Gasteiger charge is 2.21. The Balaban J connectivity index is 0.000000115. The Bertz CT molecular complexity index is 6230. The Labute approximate surface area is 684 Å². The minimum Gasteiger partial charge on any atom is -0.309 e. The fraction of sp³-hybridized carbons (Fsp3) is 0. The zero-order valence-electron chi connectivity index (χ0n) is 61.3. The summed E-state index contributed by atoms with van der Waals surface area (Å²) in [5.41, 5.74) is 26.0. The van der Waals surface area contributed by atoms with E-state index in [1.54, 1.807) is 0 Å². The summed E-state index contributed by atoms with van der Waals surface area (Å²) < 4.78 is 10.3. The lowest BCUT2D eigenvalue weighted by Gasteiger charge is -2.12. The molecule has 0 N–H and O–H groups in total. The lowest BCUT2D eigenvalue weighted by molar-refractivity contribution is 1.07. The first-order chi connectivity index (χ1) is 56.3. The van der Waals surface area contributed by atoms with Crippen LogP contribution in [0.1, 0.15) is 0 Å². The summed E-state index contributed by atoms with van der Waals surface area (Å²) in [5, 5.41) is 7.37. The first-order valence-corrected chi connectivity index (χ1v) is 40.0. The number of hydrogen-bond acceptors (Lipinski definition) is 6. The first kappa shape index (κ1) is 70.7. The average Bonchev–Trinajstić information content (AvgIpc) is 1.60. The van der Waals surface area contributed by atoms with Crippen molar-refractivity contribution in [2.45, 2.75) is 0 Å². The molecule has 0 aliphatic heterocycles. The summed E-state index contributed by atoms with van der Waals surface area (Å²) in [7, 11) is 0. The van der Waals surface area contributed by atoms with Crippen molar-refractivity contribution >= 4 is 113 Å². The number of aromatic nitrogens is 9. The largest absolute Gasteiger partial charge is 0.309 e. The Morgan fingerprint density at radius 1 is 0.184 bits per heavy atom. The van der Waals surface area contributed by atoms with E-state index in [0.29, 0.717) is 17.5 Å². The normalized spacial score (nSPS) is 11.3. The van der Waals surface area contributed by atoms with Crippen molar-refractivity contribution in [1.29, 1.82) is 0 Å². The molecule has 0 aliphatic carbocycles. The number of fused-ring (bicyclic) bond motifs is 9. The van der Waals surface area contributed by atoms with E-state index in [-0.39, 0.29) is 0 Å². The van der Waals surface area contributed by atoms with Gasteiger partial charge in [-0.05, 0) is 180 Å². The van der Waals surface area contributed by atoms with Gasteiger partial charge in [-0.3, -0.25) is 9.97 Å². The highest BCUT2D eigenvalue weighted by molar-refractivity contribution is 9.11. The van der Waals surface area contributed by atoms with Gasteiger partial charge in [-0.2, -0.15) is 0 Å². The Kier molecular flexibility index (Phi) is 19.4. The molecule has 0 atom stereocenters. The highest BCUT2D eigenvalue weighted by Crippen LogP contribution is 2.42. The molecule has 21 aromatic rings. The third-order valence-electron chi connectivity index (χ3n) is 20.8. The summed E-state index contributed by atoms with van der Waals surface area (Å²) in [6, 6.07) is 135. The van der Waals surface area contributed by atoms with Crippen molar-refractivity contribution in [2.75, 3.05) is 0 Å². The van der Waals surface area contributed by atoms with Crippen LogP contribution in [-0.4, -0.2) is 43.6 Å². The first-order valence-electron chi connectivity index (χ1n) is 37.6. The van der Waals surface area contributed by atoms with Crippen LogP contribution in [0.2, 0.25) is 0 Å². The predicted molar refractivity (Wildman–Crippen MR) is 481 cm³/mol. The topological polar surface area (TPSA) is 92.1 Å². The molecule has 0 radical (unpaired) electrons. The van der Waals surface area contributed by atoms with Crippen molar-refractivity contribution < 1.29 is 0 Å². The van der Waals surface area contributed by atoms with Gasteiger partial charge in [0.05, 0.1) is 55.9 Å². The van der Waals surface area contributed by atoms with Gasteiger partial charge in [-0.15, -0.1) is 0 Å². The predicted octanol–water partition coefficient (Wildman–Crippen LogP) is 28.0. The van der Waals surface area contributed by atoms with Crippen molar-refractivity contribution in [3.8, 4) is 119 Å². The van der Waals surface area contributed by atoms with E-state index in [9.17, 15) is 0 Å². The maximum atomic E-state index is 5.09. The van der Waals surface area contributed by atoms with E-state index in [4.69, 9.17) is 19.9 Å². The zero-order valence-corrected chi connectivity index (χ0v) is 66.0. The summed E-state index contributed by atoms with van der Waals surface area (Å²) in [4.78, 5) is 28.8. The molecule has 12 heteroatoms. The Morgan fingerprint density at radius 2 is 0.465 bits per heavy atom. The maximum Gasteiger partial charge on any atom is 0.164 e. The van der Waals surface area contributed by atoms with Gasteiger partial charge in [-0.1, -0.05) is 278 Å². The minimum absolute atomic E-state index is 0.647. The molecule has 114 heavy (non-hydrogen) atoms. The molecule has 0 bridgehead atoms. The van der Waals surface area contributed by atoms with Crippen LogP contribution in [0.3, 0.4) is 0 Å². The van der Waals surface area contributed by atoms with Crippen LogP contribution in [0.5, 0.6) is 0 Å². The van der Waals surface area contributed by atoms with E-state index in [1.807, 2.05) is 116 Å². The number of nitrogens with zero attached hydrogens (tertiary/aromatic N) is 9. The van der Waals surface area contributed by atoms with Crippen LogP contribution >= 0.6 is 47.8 Å². The van der Waals surface area contributed by atoms with E-state index in [1.165, 1.54) is 65.5 Å². The number of pyridine rings is 3. The summed E-state index contributed by atoms with van der Waals surface area (Å²) >= 11 is 11.3. The third-order valence-corrected chi connectivity index (χ3v) is 22.7. The molecular formula is C102H66Br3N9. The second kappa shape index (κ2) is 31.3. The highest BCUT2D eigenvalue weighted by atomic mass is 79.9. The fourth-order valence-electron chi connectivity index (χ4n) is 15.4. The molecule has 0 aliphatic rings. The molecule has 540 valence electrons. The molecule has 0 amide bonds. The summed E-state index contributed by atoms with van der Waals surface area (Å²) in [6.45, 7) is 0. The lowest BCUT2D eigenvalue weighted by Crippen LogP contribution is -2.00. The van der Waals surface area contributed by atoms with Gasteiger partial charge in [0, 0.05) is 114 Å². The molecule has 7 heterocycles. The van der Waals surface area contributed by atoms with Gasteiger partial charge in [-0.25, -0.2) is 19.9 Å². The number of halogens is 3. The molecule has 21 rings (SSSR count). The van der Waals surface area contributed by atoms with E-state index >= 15 is 0 Å². The number of hydrogen-bond donors (Lipinski definition) is 0. The van der Waals surface area contributed by atoms with Crippen molar-refractivity contribution in [2.24, 2.45) is 0 Å². The van der Waals surface area contributed by atoms with E-state index in [2.05, 4.69) is 357 Å². The van der Waals surface area contributed by atoms with Crippen LogP contribution in [0, 0.1) is 0 Å². The third kappa shape index (κ3) is 13.9. The second-order valence-electron chi connectivity index (χ2n) is 27.7. The molecule has 0 spiro atoms. The average molecular weight is 1660 g/mol. The quantitative estimate of drug-likeness (QED) is 0.121. The van der Waals surface area contributed by atoms with E-state index in [0.717, 1.165) is 114 Å². The Hall–Kier alpha value is -13.6. The van der Waals surface area contributed by atoms with Crippen LogP contribution in [0.15, 0.2) is 414 Å². The second-order valence-corrected chi connectivity index (χ2v) is 30.3. The van der Waals surface area contributed by atoms with Crippen molar-refractivity contribution in [1.82, 2.24) is 43.6 Å². The molecular weight excluding hydrogens is 1590 g/mol. The molecule has 9 nitrogen and oxygen atoms in total. The van der Waals surface area contributed by atoms with Gasteiger partial charge in [0.25, 0.3) is 0 Å². The van der Waals surface area contributed by atoms with Gasteiger partial charge in [0.2, 0.25) is 0 Å². The molecule has 7 aromatic heterocycles. The van der Waals surface area contributed by atoms with E-state index < -0.39 is 0 Å². The smallest absolute Gasteiger partial charge is 0.164 e. The molecule has 0 unspecified atom stereocenters. The summed E-state index contributed by atoms with van der Waals surface area (Å²) in [5.74, 6) is 1.96. The standard InChI is InChI=1S/C35H23BrN2.C34H22BrN3.C33H21BrN4/c36-30-15-9-17-34-35(30)29-14-7-8-16-33(29)38(34)28-20-18-26(19-21-28)32-23-27(24-10-3-1-4-11-24)22-31(37-32)25-12-5-2-6-13-25;35-29-9-7-13-33-34(29)28-8-1-2-12-32(28)38(33)27-16-14-23(15-17-27)24-20-25(30-10-3-5-18-36-30)22-26(21-24)31-11-4-6-19-37-31;34-27-15-9-17-29-30(27)26-14-7-8-16-28(26)38(29)25-20-18-24(19-21-25)33-36-31(22-10-3-1-4-11-22)35-32(37-33)23-12-5-2-6-13-23/h1-23H;1-22H;1-21H. The fourth-order valence-corrected chi connectivity index (χ4v) is 17.1. The number of rotatable bonds is 12. The van der Waals surface area contributed by atoms with Crippen molar-refractivity contribution in [3.05, 3.63) is 414 Å². The van der Waals surface area contributed by atoms with Gasteiger partial charge < -0.3 is 13.7 Å². The van der Waals surface area contributed by atoms with Gasteiger partial charge in [0.15, 0.2) is 17.5 Å². The monoisotopic (exact) mass is 1650 g/mol. The van der Waals surface area contributed by atoms with Crippen LogP contribution in [-0.2, 0) is 0 Å². The van der Waals surface area contributed by atoms with Gasteiger partial charge >= 0.3 is 0 Å². The minimum atomic E-state index is 0.647. The number of benzene rings is 14. The molecule has 14 aromatic carbocycles. The SMILES string of the molecule is Brc1cccc2c1c1ccccc1n2-c1ccc(-c2cc(-c3ccccc3)cc(-c3ccccc3)n2)cc1.Brc1cccc2c1c1ccccc1n2-c1ccc(-c2cc(-c3ccccn3)cc(-c3ccccn3)c2)cc1.Brc1cccc2c1c1ccccc1n2-c1ccc(-c2nc(-c3ccccc3)nc(-c3ccccc3)n2)cc1. The van der Waals surface area contributed by atoms with Crippen molar-refractivity contribution in [3.63, 3.8) is 0 Å². The van der Waals surface area contributed by atoms with Crippen LogP contribution < -0.4 is 0 Å². The molecule has 0 saturated carbocycles. The van der Waals surface area contributed by atoms with Gasteiger partial charge in [0.1, 0.15) is 0 Å².